The summed E-state index contributed by atoms with van der Waals surface area (Å²) in [6.07, 6.45) is 4.72. The maximum Gasteiger partial charge on any atom is 0.348 e. The molecule has 1 fully saturated rings. The van der Waals surface area contributed by atoms with Crippen molar-refractivity contribution in [3.8, 4) is 11.5 Å². The summed E-state index contributed by atoms with van der Waals surface area (Å²) in [6, 6.07) is 26.2. The van der Waals surface area contributed by atoms with Gasteiger partial charge in [0.1, 0.15) is 0 Å². The van der Waals surface area contributed by atoms with Crippen molar-refractivity contribution in [3.05, 3.63) is 129 Å². The normalized spacial score (nSPS) is 18.2. The second kappa shape index (κ2) is 15.2. The molecule has 3 atom stereocenters. The lowest BCUT2D eigenvalue weighted by Gasteiger charge is -2.51. The Morgan fingerprint density at radius 1 is 0.745 bits per heavy atom. The van der Waals surface area contributed by atoms with Gasteiger partial charge in [-0.2, -0.15) is 0 Å². The summed E-state index contributed by atoms with van der Waals surface area (Å²) >= 11 is 3.79. The molecular formula is C39H38BrNO10. The average molecular weight is 761 g/mol. The van der Waals surface area contributed by atoms with Gasteiger partial charge in [0, 0.05) is 27.1 Å². The largest absolute Gasteiger partial charge is 0.493 e. The standard InChI is InChI=1S/C21H24BrNO2.C18H14O8/c1-24-18-12-14-8-11-23-20(15(14)13-19(18)25-2)21(9-5-10-21)16-6-3-4-7-17(16)22;19-13(11-7-3-1-4-8-11)17(25,15(21)22)18(26,16(23)24)14(20)12-9-5-2-6-10-12/h3-4,6-7,12-13,20,23H,5,8-11H2,1-2H3;1-10,25-26H,(H,21,22)(H,23,24). The molecule has 0 amide bonds. The monoisotopic (exact) mass is 759 g/mol. The van der Waals surface area contributed by atoms with Gasteiger partial charge in [-0.3, -0.25) is 9.59 Å². The number of aliphatic carboxylic acids is 2. The third-order valence-electron chi connectivity index (χ3n) is 9.78. The van der Waals surface area contributed by atoms with Gasteiger partial charge in [-0.1, -0.05) is 101 Å². The molecule has 0 radical (unpaired) electrons. The van der Waals surface area contributed by atoms with E-state index in [1.165, 1.54) is 76.8 Å². The van der Waals surface area contributed by atoms with Crippen LogP contribution in [-0.2, 0) is 21.4 Å². The molecule has 2 aliphatic rings. The van der Waals surface area contributed by atoms with Gasteiger partial charge in [-0.05, 0) is 60.7 Å². The zero-order valence-corrected chi connectivity index (χ0v) is 29.6. The Morgan fingerprint density at radius 2 is 1.22 bits per heavy atom. The predicted octanol–water partition coefficient (Wildman–Crippen LogP) is 5.16. The Kier molecular flexibility index (Phi) is 11.1. The van der Waals surface area contributed by atoms with Gasteiger partial charge in [0.15, 0.2) is 11.5 Å². The van der Waals surface area contributed by atoms with Gasteiger partial charge in [0.2, 0.25) is 11.6 Å². The Balaban J connectivity index is 0.000000198. The number of hydrogen-bond donors (Lipinski definition) is 5. The van der Waals surface area contributed by atoms with Crippen molar-refractivity contribution >= 4 is 39.4 Å². The fourth-order valence-corrected chi connectivity index (χ4v) is 7.62. The van der Waals surface area contributed by atoms with Gasteiger partial charge in [-0.15, -0.1) is 0 Å². The number of ketones is 2. The van der Waals surface area contributed by atoms with Crippen molar-refractivity contribution in [3.63, 3.8) is 0 Å². The van der Waals surface area contributed by atoms with E-state index >= 15 is 0 Å². The molecule has 4 aromatic carbocycles. The van der Waals surface area contributed by atoms with Crippen LogP contribution in [0.4, 0.5) is 0 Å². The number of benzene rings is 4. The summed E-state index contributed by atoms with van der Waals surface area (Å²) < 4.78 is 12.3. The molecule has 5 N–H and O–H groups in total. The molecule has 4 aromatic rings. The molecular weight excluding hydrogens is 722 g/mol. The number of carbonyl (C=O) groups excluding carboxylic acids is 2. The smallest absolute Gasteiger partial charge is 0.348 e. The molecule has 0 spiro atoms. The van der Waals surface area contributed by atoms with E-state index in [1.807, 2.05) is 0 Å². The third-order valence-corrected chi connectivity index (χ3v) is 10.5. The Bertz CT molecular complexity index is 1860. The second-order valence-corrected chi connectivity index (χ2v) is 13.3. The summed E-state index contributed by atoms with van der Waals surface area (Å²) in [4.78, 5) is 48.5. The highest BCUT2D eigenvalue weighted by atomic mass is 79.9. The van der Waals surface area contributed by atoms with Crippen LogP contribution in [0.3, 0.4) is 0 Å². The first kappa shape index (κ1) is 37.4. The number of methoxy groups -OCH3 is 2. The van der Waals surface area contributed by atoms with Crippen molar-refractivity contribution < 1.29 is 49.1 Å². The SMILES string of the molecule is COc1cc2c(cc1OC)C(C1(c3ccccc3Br)CCC1)NCC2.O=C(O)C(O)(C(=O)c1ccccc1)C(O)(C(=O)O)C(=O)c1ccccc1. The van der Waals surface area contributed by atoms with Crippen LogP contribution in [0.2, 0.25) is 0 Å². The summed E-state index contributed by atoms with van der Waals surface area (Å²) in [5.74, 6) is -6.39. The van der Waals surface area contributed by atoms with E-state index in [2.05, 4.69) is 57.6 Å². The zero-order chi connectivity index (χ0) is 37.0. The lowest BCUT2D eigenvalue weighted by atomic mass is 9.58. The topological polar surface area (TPSA) is 180 Å². The molecule has 51 heavy (non-hydrogen) atoms. The lowest BCUT2D eigenvalue weighted by molar-refractivity contribution is -0.187. The predicted molar refractivity (Wildman–Crippen MR) is 190 cm³/mol. The number of aliphatic hydroxyl groups is 2. The minimum absolute atomic E-state index is 0.148. The first-order chi connectivity index (χ1) is 24.4. The molecule has 1 aliphatic carbocycles. The van der Waals surface area contributed by atoms with Crippen molar-refractivity contribution in [2.24, 2.45) is 0 Å². The molecule has 266 valence electrons. The number of rotatable bonds is 11. The summed E-state index contributed by atoms with van der Waals surface area (Å²) in [5.41, 5.74) is -4.38. The Hall–Kier alpha value is -4.88. The number of nitrogens with one attached hydrogen (secondary N) is 1. The molecule has 0 saturated heterocycles. The van der Waals surface area contributed by atoms with Crippen LogP contribution in [0.15, 0.2) is 102 Å². The van der Waals surface area contributed by atoms with Crippen LogP contribution in [0.1, 0.15) is 62.7 Å². The van der Waals surface area contributed by atoms with Crippen LogP contribution >= 0.6 is 15.9 Å². The van der Waals surface area contributed by atoms with Crippen molar-refractivity contribution in [1.29, 1.82) is 0 Å². The van der Waals surface area contributed by atoms with Gasteiger partial charge in [0.25, 0.3) is 11.2 Å². The lowest BCUT2D eigenvalue weighted by Crippen LogP contribution is -2.71. The summed E-state index contributed by atoms with van der Waals surface area (Å²) in [6.45, 7) is 0.999. The highest BCUT2D eigenvalue weighted by molar-refractivity contribution is 9.10. The molecule has 0 bridgehead atoms. The van der Waals surface area contributed by atoms with E-state index in [9.17, 15) is 39.6 Å². The van der Waals surface area contributed by atoms with Crippen molar-refractivity contribution in [2.75, 3.05) is 20.8 Å². The molecule has 12 heteroatoms. The van der Waals surface area contributed by atoms with Crippen molar-refractivity contribution in [2.45, 2.75) is 48.3 Å². The molecule has 1 heterocycles. The fraction of sp³-hybridized carbons (Fsp3) is 0.282. The van der Waals surface area contributed by atoms with E-state index in [4.69, 9.17) is 9.47 Å². The van der Waals surface area contributed by atoms with E-state index in [1.54, 1.807) is 14.2 Å². The zero-order valence-electron chi connectivity index (χ0n) is 28.0. The van der Waals surface area contributed by atoms with Gasteiger partial charge in [0.05, 0.1) is 14.2 Å². The Labute approximate surface area is 303 Å². The number of carboxylic acids is 2. The Morgan fingerprint density at radius 3 is 1.65 bits per heavy atom. The van der Waals surface area contributed by atoms with Crippen LogP contribution < -0.4 is 14.8 Å². The third kappa shape index (κ3) is 6.56. The molecule has 11 nitrogen and oxygen atoms in total. The molecule has 3 unspecified atom stereocenters. The first-order valence-corrected chi connectivity index (χ1v) is 17.0. The number of carboxylic acid groups (broad SMARTS) is 2. The minimum Gasteiger partial charge on any atom is -0.493 e. The van der Waals surface area contributed by atoms with Crippen LogP contribution in [0, 0.1) is 0 Å². The maximum atomic E-state index is 12.6. The van der Waals surface area contributed by atoms with E-state index in [0.717, 1.165) is 48.7 Å². The number of fused-ring (bicyclic) bond motifs is 1. The average Bonchev–Trinajstić information content (AvgIpc) is 3.14. The molecule has 1 saturated carbocycles. The fourth-order valence-electron chi connectivity index (χ4n) is 6.94. The van der Waals surface area contributed by atoms with E-state index in [0.29, 0.717) is 6.04 Å². The van der Waals surface area contributed by atoms with E-state index in [-0.39, 0.29) is 5.41 Å². The number of halogens is 1. The molecule has 6 rings (SSSR count). The second-order valence-electron chi connectivity index (χ2n) is 12.5. The van der Waals surface area contributed by atoms with Crippen molar-refractivity contribution in [1.82, 2.24) is 5.32 Å². The summed E-state index contributed by atoms with van der Waals surface area (Å²) in [5, 5.41) is 43.7. The quantitative estimate of drug-likeness (QED) is 0.101. The summed E-state index contributed by atoms with van der Waals surface area (Å²) in [7, 11) is 3.42. The highest BCUT2D eigenvalue weighted by Gasteiger charge is 2.69. The maximum absolute atomic E-state index is 12.6. The van der Waals surface area contributed by atoms with E-state index < -0.39 is 45.8 Å². The van der Waals surface area contributed by atoms with Crippen LogP contribution in [0.5, 0.6) is 11.5 Å². The number of hydrogen-bond acceptors (Lipinski definition) is 9. The first-order valence-electron chi connectivity index (χ1n) is 16.2. The highest BCUT2D eigenvalue weighted by Crippen LogP contribution is 2.55. The van der Waals surface area contributed by atoms with Crippen LogP contribution in [0.25, 0.3) is 0 Å². The van der Waals surface area contributed by atoms with Crippen LogP contribution in [-0.4, -0.2) is 75.9 Å². The number of ether oxygens (including phenoxy) is 2. The minimum atomic E-state index is -3.95. The number of Topliss-reactive ketones (excluding diaryl/α,β-unsaturated/α-hetero) is 2. The van der Waals surface area contributed by atoms with Gasteiger partial charge in [-0.25, -0.2) is 9.59 Å². The molecule has 0 aromatic heterocycles. The molecule has 1 aliphatic heterocycles. The van der Waals surface area contributed by atoms with Gasteiger partial charge < -0.3 is 35.2 Å². The van der Waals surface area contributed by atoms with Gasteiger partial charge >= 0.3 is 11.9 Å². The number of carbonyl (C=O) groups is 4.